The number of rotatable bonds is 5. The topological polar surface area (TPSA) is 67.9 Å². The second-order valence-electron chi connectivity index (χ2n) is 6.17. The Labute approximate surface area is 168 Å². The molecule has 0 saturated heterocycles. The van der Waals surface area contributed by atoms with E-state index >= 15 is 0 Å². The molecular weight excluding hydrogens is 391 g/mol. The van der Waals surface area contributed by atoms with Gasteiger partial charge in [-0.05, 0) is 36.2 Å². The summed E-state index contributed by atoms with van der Waals surface area (Å²) in [6.45, 7) is 4.20. The minimum absolute atomic E-state index is 0.236. The minimum Gasteiger partial charge on any atom is -0.449 e. The predicted octanol–water partition coefficient (Wildman–Crippen LogP) is 5.83. The van der Waals surface area contributed by atoms with Gasteiger partial charge in [-0.15, -0.1) is 0 Å². The number of halogens is 2. The van der Waals surface area contributed by atoms with Gasteiger partial charge in [-0.2, -0.15) is 0 Å². The summed E-state index contributed by atoms with van der Waals surface area (Å²) in [5, 5.41) is 3.31. The molecule has 0 bridgehead atoms. The smallest absolute Gasteiger partial charge is 0.419 e. The Hall–Kier alpha value is -2.44. The van der Waals surface area contributed by atoms with E-state index in [1.54, 1.807) is 43.4 Å². The van der Waals surface area contributed by atoms with Crippen LogP contribution in [0.2, 0.25) is 10.0 Å². The van der Waals surface area contributed by atoms with Gasteiger partial charge in [0.05, 0.1) is 16.7 Å². The number of anilines is 2. The average Bonchev–Trinajstić information content (AvgIpc) is 2.62. The van der Waals surface area contributed by atoms with Crippen molar-refractivity contribution >= 4 is 46.8 Å². The fourth-order valence-electron chi connectivity index (χ4n) is 2.00. The fourth-order valence-corrected chi connectivity index (χ4v) is 2.29. The number of benzene rings is 2. The third-order valence-corrected chi connectivity index (χ3v) is 4.14. The fraction of sp³-hybridized carbons (Fsp3) is 0.263. The second kappa shape index (κ2) is 9.48. The first-order valence-corrected chi connectivity index (χ1v) is 8.96. The van der Waals surface area contributed by atoms with E-state index in [-0.39, 0.29) is 11.7 Å². The van der Waals surface area contributed by atoms with Crippen LogP contribution in [0.4, 0.5) is 21.0 Å². The second-order valence-corrected chi connectivity index (χ2v) is 6.98. The van der Waals surface area contributed by atoms with Crippen LogP contribution in [-0.4, -0.2) is 25.8 Å². The molecule has 2 amide bonds. The molecule has 0 saturated carbocycles. The maximum absolute atomic E-state index is 12.3. The molecule has 1 N–H and O–H groups in total. The quantitative estimate of drug-likeness (QED) is 0.672. The molecule has 0 aliphatic carbocycles. The van der Waals surface area contributed by atoms with Gasteiger partial charge < -0.3 is 9.47 Å². The molecule has 0 aromatic heterocycles. The van der Waals surface area contributed by atoms with Crippen LogP contribution in [0.15, 0.2) is 42.5 Å². The van der Waals surface area contributed by atoms with E-state index in [1.165, 1.54) is 11.0 Å². The third kappa shape index (κ3) is 6.34. The molecule has 27 heavy (non-hydrogen) atoms. The number of amides is 2. The number of hydrogen-bond donors (Lipinski definition) is 1. The number of nitrogens with zero attached hydrogens (tertiary/aromatic N) is 1. The van der Waals surface area contributed by atoms with Crippen molar-refractivity contribution < 1.29 is 19.1 Å². The molecule has 0 radical (unpaired) electrons. The molecule has 0 atom stereocenters. The lowest BCUT2D eigenvalue weighted by Gasteiger charge is -2.17. The highest BCUT2D eigenvalue weighted by Crippen LogP contribution is 2.27. The lowest BCUT2D eigenvalue weighted by atomic mass is 10.2. The SMILES string of the molecule is CC(C)COC(=O)Nc1cccc(OC(=O)N(C)c2ccc(Cl)c(Cl)c2)c1. The van der Waals surface area contributed by atoms with Gasteiger partial charge in [0.15, 0.2) is 0 Å². The van der Waals surface area contributed by atoms with Crippen molar-refractivity contribution in [3.63, 3.8) is 0 Å². The molecule has 2 aromatic rings. The zero-order valence-corrected chi connectivity index (χ0v) is 16.7. The number of hydrogen-bond acceptors (Lipinski definition) is 4. The summed E-state index contributed by atoms with van der Waals surface area (Å²) in [6, 6.07) is 11.3. The van der Waals surface area contributed by atoms with Crippen molar-refractivity contribution in [2.24, 2.45) is 5.92 Å². The van der Waals surface area contributed by atoms with Crippen molar-refractivity contribution in [3.8, 4) is 5.75 Å². The highest BCUT2D eigenvalue weighted by atomic mass is 35.5. The van der Waals surface area contributed by atoms with E-state index in [4.69, 9.17) is 32.7 Å². The number of carbonyl (C=O) groups excluding carboxylic acids is 2. The summed E-state index contributed by atoms with van der Waals surface area (Å²) in [4.78, 5) is 25.4. The van der Waals surface area contributed by atoms with Crippen LogP contribution in [0.3, 0.4) is 0 Å². The maximum Gasteiger partial charge on any atom is 0.419 e. The van der Waals surface area contributed by atoms with Crippen LogP contribution < -0.4 is 15.0 Å². The number of ether oxygens (including phenoxy) is 2. The predicted molar refractivity (Wildman–Crippen MR) is 107 cm³/mol. The Balaban J connectivity index is 2.01. The highest BCUT2D eigenvalue weighted by molar-refractivity contribution is 6.42. The Morgan fingerprint density at radius 3 is 2.52 bits per heavy atom. The summed E-state index contributed by atoms with van der Waals surface area (Å²) in [5.41, 5.74) is 0.979. The standard InChI is InChI=1S/C19H20Cl2N2O4/c1-12(2)11-26-18(24)22-13-5-4-6-15(9-13)27-19(25)23(3)14-7-8-16(20)17(21)10-14/h4-10,12H,11H2,1-3H3,(H,22,24). The van der Waals surface area contributed by atoms with Crippen molar-refractivity contribution in [3.05, 3.63) is 52.5 Å². The van der Waals surface area contributed by atoms with Gasteiger partial charge in [0, 0.05) is 24.5 Å². The van der Waals surface area contributed by atoms with Crippen LogP contribution in [0.25, 0.3) is 0 Å². The van der Waals surface area contributed by atoms with E-state index in [1.807, 2.05) is 13.8 Å². The van der Waals surface area contributed by atoms with E-state index < -0.39 is 12.2 Å². The van der Waals surface area contributed by atoms with Crippen LogP contribution in [-0.2, 0) is 4.74 Å². The first kappa shape index (κ1) is 20.9. The molecule has 0 fully saturated rings. The van der Waals surface area contributed by atoms with E-state index in [2.05, 4.69) is 5.32 Å². The Kier molecular flexibility index (Phi) is 7.33. The average molecular weight is 411 g/mol. The molecule has 6 nitrogen and oxygen atoms in total. The van der Waals surface area contributed by atoms with Crippen LogP contribution >= 0.6 is 23.2 Å². The van der Waals surface area contributed by atoms with E-state index in [9.17, 15) is 9.59 Å². The highest BCUT2D eigenvalue weighted by Gasteiger charge is 2.15. The molecule has 2 rings (SSSR count). The van der Waals surface area contributed by atoms with E-state index in [0.717, 1.165) is 0 Å². The summed E-state index contributed by atoms with van der Waals surface area (Å²) in [6.07, 6.45) is -1.19. The van der Waals surface area contributed by atoms with Crippen molar-refractivity contribution in [2.45, 2.75) is 13.8 Å². The Morgan fingerprint density at radius 2 is 1.85 bits per heavy atom. The van der Waals surface area contributed by atoms with Gasteiger partial charge >= 0.3 is 12.2 Å². The molecular formula is C19H20Cl2N2O4. The molecule has 2 aromatic carbocycles. The third-order valence-electron chi connectivity index (χ3n) is 3.40. The summed E-state index contributed by atoms with van der Waals surface area (Å²) in [5.74, 6) is 0.508. The van der Waals surface area contributed by atoms with Gasteiger partial charge in [-0.3, -0.25) is 10.2 Å². The zero-order chi connectivity index (χ0) is 20.0. The van der Waals surface area contributed by atoms with Crippen LogP contribution in [0.1, 0.15) is 13.8 Å². The maximum atomic E-state index is 12.3. The normalized spacial score (nSPS) is 10.4. The van der Waals surface area contributed by atoms with Gasteiger partial charge in [0.1, 0.15) is 5.75 Å². The summed E-state index contributed by atoms with van der Waals surface area (Å²) in [7, 11) is 1.55. The minimum atomic E-state index is -0.618. The van der Waals surface area contributed by atoms with Crippen LogP contribution in [0, 0.1) is 5.92 Å². The van der Waals surface area contributed by atoms with Gasteiger partial charge in [0.2, 0.25) is 0 Å². The van der Waals surface area contributed by atoms with Gasteiger partial charge in [-0.1, -0.05) is 43.1 Å². The lowest BCUT2D eigenvalue weighted by Crippen LogP contribution is -2.29. The van der Waals surface area contributed by atoms with Crippen LogP contribution in [0.5, 0.6) is 5.75 Å². The Bertz CT molecular complexity index is 827. The van der Waals surface area contributed by atoms with E-state index in [0.29, 0.717) is 28.0 Å². The molecule has 8 heteroatoms. The molecule has 0 spiro atoms. The van der Waals surface area contributed by atoms with Crippen molar-refractivity contribution in [1.29, 1.82) is 0 Å². The molecule has 144 valence electrons. The zero-order valence-electron chi connectivity index (χ0n) is 15.2. The number of nitrogens with one attached hydrogen (secondary N) is 1. The molecule has 0 aliphatic heterocycles. The number of carbonyl (C=O) groups is 2. The largest absolute Gasteiger partial charge is 0.449 e. The first-order chi connectivity index (χ1) is 12.8. The Morgan fingerprint density at radius 1 is 1.11 bits per heavy atom. The molecule has 0 aliphatic rings. The van der Waals surface area contributed by atoms with Gasteiger partial charge in [-0.25, -0.2) is 9.59 Å². The summed E-state index contributed by atoms with van der Waals surface area (Å²) < 4.78 is 10.4. The van der Waals surface area contributed by atoms with Crippen molar-refractivity contribution in [1.82, 2.24) is 0 Å². The first-order valence-electron chi connectivity index (χ1n) is 8.20. The lowest BCUT2D eigenvalue weighted by molar-refractivity contribution is 0.147. The monoisotopic (exact) mass is 410 g/mol. The molecule has 0 heterocycles. The van der Waals surface area contributed by atoms with Gasteiger partial charge in [0.25, 0.3) is 0 Å². The summed E-state index contributed by atoms with van der Waals surface area (Å²) >= 11 is 11.9. The van der Waals surface area contributed by atoms with Crippen molar-refractivity contribution in [2.75, 3.05) is 23.9 Å². The molecule has 0 unspecified atom stereocenters.